The zero-order valence-corrected chi connectivity index (χ0v) is 27.5. The molecular weight excluding hydrogens is 665 g/mol. The van der Waals surface area contributed by atoms with Crippen LogP contribution in [0.2, 0.25) is 0 Å². The number of hydrogen-bond donors (Lipinski definition) is 4. The van der Waals surface area contributed by atoms with Crippen LogP contribution in [-0.4, -0.2) is 85.8 Å². The molecule has 6 rings (SSSR count). The SMILES string of the molecule is O=C(O)c1ccc(C2=c3cc4c(cc3Oc3cc5c(cc32)CCCN5CCCS(=O)(=O)O)=[N+](CCCS(=O)(=O)O)CCC4)c(C(=O)O)c1. The van der Waals surface area contributed by atoms with Gasteiger partial charge in [0.05, 0.1) is 28.7 Å². The van der Waals surface area contributed by atoms with Crippen LogP contribution < -0.4 is 24.8 Å². The molecule has 3 aromatic carbocycles. The largest absolute Gasteiger partial charge is 0.478 e. The summed E-state index contributed by atoms with van der Waals surface area (Å²) in [5.74, 6) is -2.42. The van der Waals surface area contributed by atoms with Crippen LogP contribution in [0.4, 0.5) is 5.69 Å². The summed E-state index contributed by atoms with van der Waals surface area (Å²) in [6, 6.07) is 11.6. The van der Waals surface area contributed by atoms with Crippen molar-refractivity contribution in [3.8, 4) is 11.5 Å². The van der Waals surface area contributed by atoms with Crippen molar-refractivity contribution < 1.29 is 50.5 Å². The summed E-state index contributed by atoms with van der Waals surface area (Å²) < 4.78 is 72.5. The molecule has 0 atom stereocenters. The molecule has 15 heteroatoms. The van der Waals surface area contributed by atoms with E-state index in [1.807, 2.05) is 33.7 Å². The Morgan fingerprint density at radius 1 is 0.812 bits per heavy atom. The third-order valence-electron chi connectivity index (χ3n) is 8.98. The number of anilines is 1. The van der Waals surface area contributed by atoms with Gasteiger partial charge in [0.15, 0.2) is 0 Å². The topological polar surface area (TPSA) is 199 Å². The first kappa shape index (κ1) is 33.6. The number of carbonyl (C=O) groups is 2. The molecule has 0 amide bonds. The van der Waals surface area contributed by atoms with Gasteiger partial charge in [-0.25, -0.2) is 14.2 Å². The maximum absolute atomic E-state index is 12.6. The average molecular weight is 700 g/mol. The summed E-state index contributed by atoms with van der Waals surface area (Å²) in [5.41, 5.74) is 3.92. The van der Waals surface area contributed by atoms with Crippen molar-refractivity contribution in [2.45, 2.75) is 38.5 Å². The third kappa shape index (κ3) is 7.09. The predicted molar refractivity (Wildman–Crippen MR) is 176 cm³/mol. The zero-order valence-electron chi connectivity index (χ0n) is 25.9. The normalized spacial score (nSPS) is 15.6. The number of ether oxygens (including phenoxy) is 1. The highest BCUT2D eigenvalue weighted by atomic mass is 32.2. The van der Waals surface area contributed by atoms with Crippen molar-refractivity contribution in [2.24, 2.45) is 0 Å². The summed E-state index contributed by atoms with van der Waals surface area (Å²) in [6.07, 6.45) is 3.44. The maximum atomic E-state index is 12.6. The minimum absolute atomic E-state index is 0.166. The van der Waals surface area contributed by atoms with Crippen LogP contribution in [0.15, 0.2) is 42.5 Å². The number of carboxylic acids is 2. The molecule has 254 valence electrons. The van der Waals surface area contributed by atoms with E-state index in [9.17, 15) is 45.7 Å². The number of fused-ring (bicyclic) bond motifs is 4. The van der Waals surface area contributed by atoms with Gasteiger partial charge in [0, 0.05) is 59.6 Å². The second-order valence-electron chi connectivity index (χ2n) is 12.3. The van der Waals surface area contributed by atoms with Gasteiger partial charge in [-0.3, -0.25) is 9.11 Å². The first-order chi connectivity index (χ1) is 22.7. The highest BCUT2D eigenvalue weighted by molar-refractivity contribution is 7.86. The average Bonchev–Trinajstić information content (AvgIpc) is 3.00. The molecule has 4 N–H and O–H groups in total. The van der Waals surface area contributed by atoms with Gasteiger partial charge in [0.1, 0.15) is 24.6 Å². The van der Waals surface area contributed by atoms with Crippen LogP contribution in [0.1, 0.15) is 68.7 Å². The highest BCUT2D eigenvalue weighted by Crippen LogP contribution is 2.42. The Hall–Kier alpha value is -4.31. The fourth-order valence-corrected chi connectivity index (χ4v) is 7.89. The molecule has 0 fully saturated rings. The van der Waals surface area contributed by atoms with Crippen LogP contribution >= 0.6 is 0 Å². The fourth-order valence-electron chi connectivity index (χ4n) is 6.90. The van der Waals surface area contributed by atoms with E-state index in [1.54, 1.807) is 0 Å². The Labute approximate surface area is 276 Å². The Bertz CT molecular complexity index is 2200. The van der Waals surface area contributed by atoms with Crippen LogP contribution in [0.5, 0.6) is 11.5 Å². The van der Waals surface area contributed by atoms with Crippen LogP contribution in [-0.2, 0) is 33.1 Å². The summed E-state index contributed by atoms with van der Waals surface area (Å²) in [5, 5.41) is 21.3. The van der Waals surface area contributed by atoms with Gasteiger partial charge in [-0.2, -0.15) is 16.8 Å². The van der Waals surface area contributed by atoms with E-state index < -0.39 is 32.2 Å². The standard InChI is InChI=1S/C33H34N2O11S2/c36-32(37)22-7-8-23(24(17-22)33(38)39)31-25-15-20-5-1-9-34(11-3-13-47(40,41)42)27(20)18-29(25)46-30-19-28-21(16-26(30)31)6-2-10-35(28)12-4-14-48(43,44)45/h7-8,15-19H,1-6,9-14H2,(H3-,36,37,38,39,40,41,42,43,44,45)/p+1. The zero-order chi connectivity index (χ0) is 34.4. The monoisotopic (exact) mass is 699 g/mol. The summed E-state index contributed by atoms with van der Waals surface area (Å²) in [6.45, 7) is 2.08. The van der Waals surface area contributed by atoms with Gasteiger partial charge in [0.2, 0.25) is 5.36 Å². The second-order valence-corrected chi connectivity index (χ2v) is 15.4. The van der Waals surface area contributed by atoms with Gasteiger partial charge < -0.3 is 19.8 Å². The Kier molecular flexibility index (Phi) is 9.06. The molecule has 3 aliphatic heterocycles. The Morgan fingerprint density at radius 3 is 2.25 bits per heavy atom. The summed E-state index contributed by atoms with van der Waals surface area (Å²) in [7, 11) is -8.24. The fraction of sp³-hybridized carbons (Fsp3) is 0.364. The van der Waals surface area contributed by atoms with E-state index in [-0.39, 0.29) is 35.5 Å². The molecular formula is C33H35N2O11S2+. The molecule has 3 aromatic rings. The lowest BCUT2D eigenvalue weighted by atomic mass is 9.86. The van der Waals surface area contributed by atoms with Crippen molar-refractivity contribution in [1.82, 2.24) is 4.58 Å². The third-order valence-corrected chi connectivity index (χ3v) is 10.6. The lowest BCUT2D eigenvalue weighted by Gasteiger charge is -2.33. The van der Waals surface area contributed by atoms with Crippen molar-refractivity contribution >= 4 is 43.4 Å². The molecule has 0 aliphatic carbocycles. The van der Waals surface area contributed by atoms with E-state index >= 15 is 0 Å². The van der Waals surface area contributed by atoms with Gasteiger partial charge in [-0.15, -0.1) is 0 Å². The molecule has 0 spiro atoms. The van der Waals surface area contributed by atoms with E-state index in [2.05, 4.69) is 0 Å². The predicted octanol–water partition coefficient (Wildman–Crippen LogP) is 2.18. The van der Waals surface area contributed by atoms with Crippen LogP contribution in [0, 0.1) is 0 Å². The smallest absolute Gasteiger partial charge is 0.336 e. The molecule has 0 aromatic heterocycles. The molecule has 3 aliphatic rings. The highest BCUT2D eigenvalue weighted by Gasteiger charge is 2.30. The number of aryl methyl sites for hydroxylation is 2. The molecule has 0 saturated heterocycles. The van der Waals surface area contributed by atoms with E-state index in [0.29, 0.717) is 72.4 Å². The molecule has 0 radical (unpaired) electrons. The molecule has 0 unspecified atom stereocenters. The van der Waals surface area contributed by atoms with Crippen LogP contribution in [0.25, 0.3) is 5.57 Å². The van der Waals surface area contributed by atoms with Gasteiger partial charge >= 0.3 is 11.9 Å². The number of aromatic carboxylic acids is 2. The maximum Gasteiger partial charge on any atom is 0.336 e. The van der Waals surface area contributed by atoms with Gasteiger partial charge in [-0.1, -0.05) is 6.07 Å². The quantitative estimate of drug-likeness (QED) is 0.132. The number of nitrogens with zero attached hydrogens (tertiary/aromatic N) is 2. The Balaban J connectivity index is 1.56. The number of benzene rings is 3. The van der Waals surface area contributed by atoms with E-state index in [1.165, 1.54) is 12.1 Å². The van der Waals surface area contributed by atoms with Crippen molar-refractivity contribution in [3.05, 3.63) is 86.4 Å². The van der Waals surface area contributed by atoms with Crippen LogP contribution in [0.3, 0.4) is 0 Å². The Morgan fingerprint density at radius 2 is 1.54 bits per heavy atom. The van der Waals surface area contributed by atoms with Gasteiger partial charge in [0.25, 0.3) is 20.2 Å². The first-order valence-corrected chi connectivity index (χ1v) is 18.8. The molecule has 3 heterocycles. The molecule has 13 nitrogen and oxygen atoms in total. The lowest BCUT2D eigenvalue weighted by molar-refractivity contribution is 0.0695. The molecule has 0 saturated carbocycles. The van der Waals surface area contributed by atoms with Crippen molar-refractivity contribution in [1.29, 1.82) is 0 Å². The van der Waals surface area contributed by atoms with E-state index in [0.717, 1.165) is 41.1 Å². The van der Waals surface area contributed by atoms with Gasteiger partial charge in [-0.05, 0) is 61.1 Å². The van der Waals surface area contributed by atoms with Crippen molar-refractivity contribution in [3.63, 3.8) is 0 Å². The first-order valence-electron chi connectivity index (χ1n) is 15.6. The summed E-state index contributed by atoms with van der Waals surface area (Å²) >= 11 is 0. The minimum atomic E-state index is -4.12. The minimum Gasteiger partial charge on any atom is -0.478 e. The second kappa shape index (κ2) is 13.0. The molecule has 48 heavy (non-hydrogen) atoms. The molecule has 0 bridgehead atoms. The number of hydrogen-bond acceptors (Lipinski definition) is 8. The lowest BCUT2D eigenvalue weighted by Crippen LogP contribution is -2.40. The van der Waals surface area contributed by atoms with E-state index in [4.69, 9.17) is 4.74 Å². The number of rotatable bonds is 11. The van der Waals surface area contributed by atoms with Crippen molar-refractivity contribution in [2.75, 3.05) is 42.6 Å². The summed E-state index contributed by atoms with van der Waals surface area (Å²) in [4.78, 5) is 26.4. The number of carboxylic acid groups (broad SMARTS) is 2.